The van der Waals surface area contributed by atoms with Gasteiger partial charge in [-0.15, -0.1) is 0 Å². The molecule has 2 heterocycles. The highest BCUT2D eigenvalue weighted by Gasteiger charge is 2.28. The molecule has 6 heteroatoms. The van der Waals surface area contributed by atoms with Crippen LogP contribution in [-0.2, 0) is 10.0 Å². The molecule has 0 bridgehead atoms. The van der Waals surface area contributed by atoms with Crippen LogP contribution >= 0.6 is 0 Å². The van der Waals surface area contributed by atoms with Gasteiger partial charge in [-0.1, -0.05) is 0 Å². The monoisotopic (exact) mass is 255 g/mol. The summed E-state index contributed by atoms with van der Waals surface area (Å²) in [4.78, 5) is 6.61. The largest absolute Gasteiger partial charge is 0.306 e. The summed E-state index contributed by atoms with van der Waals surface area (Å²) in [7, 11) is -1.68. The van der Waals surface area contributed by atoms with E-state index in [0.29, 0.717) is 11.3 Å². The van der Waals surface area contributed by atoms with Crippen molar-refractivity contribution >= 4 is 10.0 Å². The van der Waals surface area contributed by atoms with E-state index in [1.165, 1.54) is 0 Å². The van der Waals surface area contributed by atoms with E-state index >= 15 is 0 Å². The number of rotatable bonds is 2. The van der Waals surface area contributed by atoms with Crippen molar-refractivity contribution in [2.24, 2.45) is 5.14 Å². The second-order valence-electron chi connectivity index (χ2n) is 4.64. The van der Waals surface area contributed by atoms with Crippen LogP contribution in [0.25, 0.3) is 0 Å². The first-order valence-electron chi connectivity index (χ1n) is 5.56. The number of hydrogen-bond donors (Lipinski definition) is 1. The van der Waals surface area contributed by atoms with E-state index in [1.807, 2.05) is 7.05 Å². The molecular weight excluding hydrogens is 238 g/mol. The van der Waals surface area contributed by atoms with Gasteiger partial charge in [-0.05, 0) is 38.6 Å². The third-order valence-electron chi connectivity index (χ3n) is 3.19. The smallest absolute Gasteiger partial charge is 0.240 e. The van der Waals surface area contributed by atoms with E-state index in [1.54, 1.807) is 19.2 Å². The molecule has 2 N–H and O–H groups in total. The van der Waals surface area contributed by atoms with Crippen molar-refractivity contribution in [1.82, 2.24) is 9.88 Å². The molecule has 0 radical (unpaired) electrons. The van der Waals surface area contributed by atoms with Gasteiger partial charge in [-0.2, -0.15) is 0 Å². The topological polar surface area (TPSA) is 76.3 Å². The second kappa shape index (κ2) is 4.36. The maximum atomic E-state index is 11.6. The molecule has 0 aliphatic carbocycles. The van der Waals surface area contributed by atoms with Gasteiger partial charge in [0.05, 0.1) is 5.69 Å². The van der Waals surface area contributed by atoms with E-state index in [2.05, 4.69) is 9.88 Å². The van der Waals surface area contributed by atoms with Crippen molar-refractivity contribution in [3.05, 3.63) is 23.5 Å². The van der Waals surface area contributed by atoms with E-state index in [9.17, 15) is 8.42 Å². The maximum Gasteiger partial charge on any atom is 0.240 e. The Bertz CT molecular complexity index is 528. The highest BCUT2D eigenvalue weighted by atomic mass is 32.2. The van der Waals surface area contributed by atoms with Crippen molar-refractivity contribution in [3.63, 3.8) is 0 Å². The van der Waals surface area contributed by atoms with Crippen LogP contribution in [0.4, 0.5) is 0 Å². The molecule has 5 nitrogen and oxygen atoms in total. The summed E-state index contributed by atoms with van der Waals surface area (Å²) in [5, 5.41) is 5.28. The number of likely N-dealkylation sites (tertiary alicyclic amines) is 1. The van der Waals surface area contributed by atoms with Gasteiger partial charge in [0.2, 0.25) is 10.0 Å². The second-order valence-corrected chi connectivity index (χ2v) is 6.13. The molecule has 1 aromatic heterocycles. The van der Waals surface area contributed by atoms with Crippen LogP contribution in [0.1, 0.15) is 23.6 Å². The van der Waals surface area contributed by atoms with Crippen LogP contribution in [0.5, 0.6) is 0 Å². The maximum absolute atomic E-state index is 11.6. The third-order valence-corrected chi connectivity index (χ3v) is 4.29. The van der Waals surface area contributed by atoms with E-state index in [0.717, 1.165) is 19.5 Å². The molecule has 1 unspecified atom stereocenters. The van der Waals surface area contributed by atoms with Crippen molar-refractivity contribution in [1.29, 1.82) is 0 Å². The molecule has 94 valence electrons. The Labute approximate surface area is 102 Å². The molecule has 1 saturated heterocycles. The first-order chi connectivity index (χ1) is 7.89. The first kappa shape index (κ1) is 12.5. The Hall–Kier alpha value is -0.980. The molecular formula is C11H17N3O2S. The van der Waals surface area contributed by atoms with Gasteiger partial charge >= 0.3 is 0 Å². The van der Waals surface area contributed by atoms with Gasteiger partial charge in [0.1, 0.15) is 4.90 Å². The van der Waals surface area contributed by atoms with Gasteiger partial charge in [-0.3, -0.25) is 4.98 Å². The SMILES string of the molecule is Cc1ccnc(C2CCN(C)C2)c1S(N)(=O)=O. The quantitative estimate of drug-likeness (QED) is 0.832. The van der Waals surface area contributed by atoms with Crippen LogP contribution in [0.2, 0.25) is 0 Å². The van der Waals surface area contributed by atoms with Gasteiger partial charge in [0.25, 0.3) is 0 Å². The molecule has 0 spiro atoms. The molecule has 1 aliphatic heterocycles. The minimum atomic E-state index is -3.70. The fourth-order valence-electron chi connectivity index (χ4n) is 2.38. The van der Waals surface area contributed by atoms with Crippen LogP contribution in [-0.4, -0.2) is 38.4 Å². The number of likely N-dealkylation sites (N-methyl/N-ethyl adjacent to an activating group) is 1. The van der Waals surface area contributed by atoms with E-state index < -0.39 is 10.0 Å². The van der Waals surface area contributed by atoms with E-state index in [4.69, 9.17) is 5.14 Å². The van der Waals surface area contributed by atoms with Crippen molar-refractivity contribution < 1.29 is 8.42 Å². The normalized spacial score (nSPS) is 21.9. The number of primary sulfonamides is 1. The van der Waals surface area contributed by atoms with Gasteiger partial charge in [0, 0.05) is 18.7 Å². The lowest BCUT2D eigenvalue weighted by molar-refractivity contribution is 0.410. The molecule has 1 aromatic rings. The van der Waals surface area contributed by atoms with Crippen LogP contribution in [0.3, 0.4) is 0 Å². The molecule has 1 aliphatic rings. The zero-order valence-electron chi connectivity index (χ0n) is 10.0. The summed E-state index contributed by atoms with van der Waals surface area (Å²) in [6.07, 6.45) is 2.58. The lowest BCUT2D eigenvalue weighted by atomic mass is 10.0. The number of pyridine rings is 1. The Balaban J connectivity index is 2.51. The Morgan fingerprint density at radius 2 is 2.24 bits per heavy atom. The van der Waals surface area contributed by atoms with Crippen LogP contribution in [0.15, 0.2) is 17.2 Å². The van der Waals surface area contributed by atoms with Crippen molar-refractivity contribution in [2.75, 3.05) is 20.1 Å². The minimum absolute atomic E-state index is 0.160. The van der Waals surface area contributed by atoms with Crippen LogP contribution in [0, 0.1) is 6.92 Å². The van der Waals surface area contributed by atoms with Gasteiger partial charge in [-0.25, -0.2) is 13.6 Å². The van der Waals surface area contributed by atoms with Gasteiger partial charge in [0.15, 0.2) is 0 Å². The molecule has 0 aromatic carbocycles. The third kappa shape index (κ3) is 2.48. The Morgan fingerprint density at radius 1 is 1.53 bits per heavy atom. The van der Waals surface area contributed by atoms with Crippen molar-refractivity contribution in [2.45, 2.75) is 24.2 Å². The lowest BCUT2D eigenvalue weighted by Gasteiger charge is -2.15. The summed E-state index contributed by atoms with van der Waals surface area (Å²) < 4.78 is 23.3. The number of nitrogens with zero attached hydrogens (tertiary/aromatic N) is 2. The molecule has 17 heavy (non-hydrogen) atoms. The predicted molar refractivity (Wildman–Crippen MR) is 65.2 cm³/mol. The van der Waals surface area contributed by atoms with E-state index in [-0.39, 0.29) is 10.8 Å². The number of aromatic nitrogens is 1. The summed E-state index contributed by atoms with van der Waals surface area (Å²) in [6.45, 7) is 3.55. The molecule has 0 amide bonds. The summed E-state index contributed by atoms with van der Waals surface area (Å²) in [5.74, 6) is 0.160. The summed E-state index contributed by atoms with van der Waals surface area (Å²) >= 11 is 0. The average molecular weight is 255 g/mol. The predicted octanol–water partition coefficient (Wildman–Crippen LogP) is 0.457. The standard InChI is InChI=1S/C11H17N3O2S/c1-8-3-5-13-10(11(8)17(12,15)16)9-4-6-14(2)7-9/h3,5,9H,4,6-7H2,1-2H3,(H2,12,15,16). The fourth-order valence-corrected chi connectivity index (χ4v) is 3.41. The number of nitrogens with two attached hydrogens (primary N) is 1. The zero-order chi connectivity index (χ0) is 12.6. The highest BCUT2D eigenvalue weighted by molar-refractivity contribution is 7.89. The Morgan fingerprint density at radius 3 is 2.76 bits per heavy atom. The van der Waals surface area contributed by atoms with Gasteiger partial charge < -0.3 is 4.90 Å². The van der Waals surface area contributed by atoms with Crippen molar-refractivity contribution in [3.8, 4) is 0 Å². The number of aryl methyl sites for hydroxylation is 1. The number of sulfonamides is 1. The fraction of sp³-hybridized carbons (Fsp3) is 0.545. The minimum Gasteiger partial charge on any atom is -0.306 e. The molecule has 1 fully saturated rings. The average Bonchev–Trinajstić information content (AvgIpc) is 2.62. The summed E-state index contributed by atoms with van der Waals surface area (Å²) in [6, 6.07) is 1.68. The lowest BCUT2D eigenvalue weighted by Crippen LogP contribution is -2.20. The highest BCUT2D eigenvalue weighted by Crippen LogP contribution is 2.30. The Kier molecular flexibility index (Phi) is 3.20. The first-order valence-corrected chi connectivity index (χ1v) is 7.11. The number of hydrogen-bond acceptors (Lipinski definition) is 4. The van der Waals surface area contributed by atoms with Crippen LogP contribution < -0.4 is 5.14 Å². The molecule has 0 saturated carbocycles. The molecule has 2 rings (SSSR count). The zero-order valence-corrected chi connectivity index (χ0v) is 10.9. The summed E-state index contributed by atoms with van der Waals surface area (Å²) in [5.41, 5.74) is 1.30. The molecule has 1 atom stereocenters.